The molecule has 0 unspecified atom stereocenters. The molecule has 0 atom stereocenters. The van der Waals surface area contributed by atoms with E-state index in [1.165, 1.54) is 27.4 Å². The van der Waals surface area contributed by atoms with Crippen LogP contribution >= 0.6 is 0 Å². The van der Waals surface area contributed by atoms with Crippen molar-refractivity contribution in [2.24, 2.45) is 7.05 Å². The normalized spacial score (nSPS) is 11.3. The van der Waals surface area contributed by atoms with Crippen LogP contribution in [0.3, 0.4) is 0 Å². The minimum Gasteiger partial charge on any atom is -0.497 e. The molecule has 0 radical (unpaired) electrons. The number of nitrogens with zero attached hydrogens (tertiary/aromatic N) is 3. The molecule has 5 nitrogen and oxygen atoms in total. The van der Waals surface area contributed by atoms with Crippen molar-refractivity contribution >= 4 is 27.6 Å². The molecule has 2 aromatic heterocycles. The van der Waals surface area contributed by atoms with Crippen molar-refractivity contribution in [1.82, 2.24) is 14.1 Å². The summed E-state index contributed by atoms with van der Waals surface area (Å²) < 4.78 is 9.33. The second-order valence-electron chi connectivity index (χ2n) is 7.73. The number of ketones is 1. The molecule has 31 heavy (non-hydrogen) atoms. The summed E-state index contributed by atoms with van der Waals surface area (Å²) in [6.07, 6.45) is 4.29. The van der Waals surface area contributed by atoms with Crippen LogP contribution in [-0.4, -0.2) is 27.0 Å². The van der Waals surface area contributed by atoms with E-state index < -0.39 is 0 Å². The number of hydrogen-bond donors (Lipinski definition) is 0. The Bertz CT molecular complexity index is 1390. The minimum absolute atomic E-state index is 0.0476. The first-order valence-electron chi connectivity index (χ1n) is 10.3. The van der Waals surface area contributed by atoms with Gasteiger partial charge in [-0.15, -0.1) is 0 Å². The number of fused-ring (bicyclic) bond motifs is 3. The van der Waals surface area contributed by atoms with Gasteiger partial charge in [0.1, 0.15) is 11.6 Å². The molecule has 5 rings (SSSR count). The first-order valence-corrected chi connectivity index (χ1v) is 10.3. The van der Waals surface area contributed by atoms with Crippen molar-refractivity contribution < 1.29 is 9.53 Å². The molecule has 154 valence electrons. The summed E-state index contributed by atoms with van der Waals surface area (Å²) >= 11 is 0. The average Bonchev–Trinajstić information content (AvgIpc) is 3.36. The van der Waals surface area contributed by atoms with Crippen LogP contribution in [0.4, 0.5) is 0 Å². The van der Waals surface area contributed by atoms with Crippen molar-refractivity contribution in [3.8, 4) is 5.75 Å². The SMILES string of the molecule is COc1ccc(C(=O)Cn2ccnc2Cc2ccc3c(c2)c2ccccc2n3C)cc1. The van der Waals surface area contributed by atoms with E-state index in [-0.39, 0.29) is 12.3 Å². The zero-order chi connectivity index (χ0) is 21.4. The molecule has 0 saturated carbocycles. The number of rotatable bonds is 6. The highest BCUT2D eigenvalue weighted by molar-refractivity contribution is 6.08. The zero-order valence-corrected chi connectivity index (χ0v) is 17.6. The number of ether oxygens (including phenoxy) is 1. The summed E-state index contributed by atoms with van der Waals surface area (Å²) in [5.74, 6) is 1.66. The van der Waals surface area contributed by atoms with Crippen molar-refractivity contribution in [2.45, 2.75) is 13.0 Å². The smallest absolute Gasteiger partial charge is 0.182 e. The number of Topliss-reactive ketones (excluding diaryl/α,β-unsaturated/α-hetero) is 1. The summed E-state index contributed by atoms with van der Waals surface area (Å²) in [6.45, 7) is 0.262. The van der Waals surface area contributed by atoms with E-state index in [0.717, 1.165) is 11.6 Å². The molecule has 2 heterocycles. The van der Waals surface area contributed by atoms with Crippen LogP contribution in [0, 0.1) is 0 Å². The second-order valence-corrected chi connectivity index (χ2v) is 7.73. The highest BCUT2D eigenvalue weighted by Crippen LogP contribution is 2.29. The second kappa shape index (κ2) is 7.76. The molecule has 0 aliphatic rings. The Hall–Kier alpha value is -3.86. The molecule has 0 N–H and O–H groups in total. The molecular weight excluding hydrogens is 386 g/mol. The van der Waals surface area contributed by atoms with Crippen molar-refractivity contribution in [3.63, 3.8) is 0 Å². The van der Waals surface area contributed by atoms with Gasteiger partial charge in [0.2, 0.25) is 0 Å². The Kier molecular flexibility index (Phi) is 4.79. The van der Waals surface area contributed by atoms with E-state index in [9.17, 15) is 4.79 Å². The molecule has 0 amide bonds. The number of methoxy groups -OCH3 is 1. The molecular formula is C26H23N3O2. The van der Waals surface area contributed by atoms with Gasteiger partial charge in [-0.25, -0.2) is 4.98 Å². The molecule has 0 spiro atoms. The van der Waals surface area contributed by atoms with Gasteiger partial charge < -0.3 is 13.9 Å². The Morgan fingerprint density at radius 1 is 0.968 bits per heavy atom. The third kappa shape index (κ3) is 3.48. The predicted octanol–water partition coefficient (Wildman–Crippen LogP) is 5.01. The standard InChI is InChI=1S/C26H23N3O2/c1-28-23-6-4-3-5-21(23)22-15-18(7-12-24(22)28)16-26-27-13-14-29(26)17-25(30)19-8-10-20(31-2)11-9-19/h3-15H,16-17H2,1-2H3. The van der Waals surface area contributed by atoms with Crippen molar-refractivity contribution in [2.75, 3.05) is 7.11 Å². The Labute approximate surface area is 180 Å². The maximum absolute atomic E-state index is 12.7. The third-order valence-corrected chi connectivity index (χ3v) is 5.87. The summed E-state index contributed by atoms with van der Waals surface area (Å²) in [5, 5.41) is 2.49. The van der Waals surface area contributed by atoms with Crippen LogP contribution in [-0.2, 0) is 20.0 Å². The lowest BCUT2D eigenvalue weighted by Crippen LogP contribution is -2.13. The lowest BCUT2D eigenvalue weighted by molar-refractivity contribution is 0.0971. The number of para-hydroxylation sites is 1. The fraction of sp³-hybridized carbons (Fsp3) is 0.154. The van der Waals surface area contributed by atoms with E-state index in [4.69, 9.17) is 4.74 Å². The molecule has 3 aromatic carbocycles. The van der Waals surface area contributed by atoms with E-state index in [0.29, 0.717) is 12.0 Å². The summed E-state index contributed by atoms with van der Waals surface area (Å²) in [7, 11) is 3.71. The fourth-order valence-electron chi connectivity index (χ4n) is 4.18. The monoisotopic (exact) mass is 409 g/mol. The van der Waals surface area contributed by atoms with Crippen LogP contribution < -0.4 is 4.74 Å². The van der Waals surface area contributed by atoms with Gasteiger partial charge in [-0.1, -0.05) is 24.3 Å². The topological polar surface area (TPSA) is 49.1 Å². The maximum atomic E-state index is 12.7. The van der Waals surface area contributed by atoms with E-state index >= 15 is 0 Å². The van der Waals surface area contributed by atoms with Crippen LogP contribution in [0.5, 0.6) is 5.75 Å². The van der Waals surface area contributed by atoms with Gasteiger partial charge in [0, 0.05) is 53.2 Å². The Morgan fingerprint density at radius 2 is 1.74 bits per heavy atom. The summed E-state index contributed by atoms with van der Waals surface area (Å²) in [5.41, 5.74) is 4.27. The Balaban J connectivity index is 1.41. The van der Waals surface area contributed by atoms with Gasteiger partial charge in [-0.2, -0.15) is 0 Å². The average molecular weight is 409 g/mol. The first kappa shape index (κ1) is 19.1. The highest BCUT2D eigenvalue weighted by atomic mass is 16.5. The molecule has 5 heteroatoms. The molecule has 0 aliphatic carbocycles. The number of aromatic nitrogens is 3. The highest BCUT2D eigenvalue weighted by Gasteiger charge is 2.13. The largest absolute Gasteiger partial charge is 0.497 e. The van der Waals surface area contributed by atoms with Crippen LogP contribution in [0.2, 0.25) is 0 Å². The molecule has 5 aromatic rings. The number of carbonyl (C=O) groups is 1. The molecule has 0 saturated heterocycles. The number of imidazole rings is 1. The zero-order valence-electron chi connectivity index (χ0n) is 17.6. The predicted molar refractivity (Wildman–Crippen MR) is 123 cm³/mol. The lowest BCUT2D eigenvalue weighted by Gasteiger charge is -2.09. The lowest BCUT2D eigenvalue weighted by atomic mass is 10.1. The first-order chi connectivity index (χ1) is 15.1. The minimum atomic E-state index is 0.0476. The fourth-order valence-corrected chi connectivity index (χ4v) is 4.18. The molecule has 0 aliphatic heterocycles. The molecule has 0 fully saturated rings. The van der Waals surface area contributed by atoms with Gasteiger partial charge in [0.05, 0.1) is 13.7 Å². The van der Waals surface area contributed by atoms with Crippen LogP contribution in [0.15, 0.2) is 79.1 Å². The number of hydrogen-bond acceptors (Lipinski definition) is 3. The van der Waals surface area contributed by atoms with Crippen LogP contribution in [0.1, 0.15) is 21.7 Å². The number of carbonyl (C=O) groups excluding carboxylic acids is 1. The molecule has 0 bridgehead atoms. The van der Waals surface area contributed by atoms with Crippen molar-refractivity contribution in [1.29, 1.82) is 0 Å². The summed E-state index contributed by atoms with van der Waals surface area (Å²) in [4.78, 5) is 17.3. The van der Waals surface area contributed by atoms with Gasteiger partial charge in [0.15, 0.2) is 5.78 Å². The van der Waals surface area contributed by atoms with E-state index in [1.807, 2.05) is 10.8 Å². The van der Waals surface area contributed by atoms with Gasteiger partial charge >= 0.3 is 0 Å². The third-order valence-electron chi connectivity index (χ3n) is 5.87. The maximum Gasteiger partial charge on any atom is 0.182 e. The van der Waals surface area contributed by atoms with Crippen LogP contribution in [0.25, 0.3) is 21.8 Å². The van der Waals surface area contributed by atoms with E-state index in [1.54, 1.807) is 37.6 Å². The van der Waals surface area contributed by atoms with Gasteiger partial charge in [0.25, 0.3) is 0 Å². The van der Waals surface area contributed by atoms with E-state index in [2.05, 4.69) is 59.1 Å². The number of aryl methyl sites for hydroxylation is 1. The number of benzene rings is 3. The van der Waals surface area contributed by atoms with Gasteiger partial charge in [-0.05, 0) is 48.0 Å². The summed E-state index contributed by atoms with van der Waals surface area (Å²) in [6, 6.07) is 22.2. The van der Waals surface area contributed by atoms with Crippen molar-refractivity contribution in [3.05, 3.63) is 96.1 Å². The van der Waals surface area contributed by atoms with Gasteiger partial charge in [-0.3, -0.25) is 4.79 Å². The Morgan fingerprint density at radius 3 is 2.55 bits per heavy atom. The quantitative estimate of drug-likeness (QED) is 0.371.